The van der Waals surface area contributed by atoms with Crippen molar-refractivity contribution in [2.75, 3.05) is 12.9 Å². The zero-order valence-corrected chi connectivity index (χ0v) is 13.6. The minimum absolute atomic E-state index is 0.129. The van der Waals surface area contributed by atoms with Crippen LogP contribution in [0.5, 0.6) is 0 Å². The summed E-state index contributed by atoms with van der Waals surface area (Å²) >= 11 is 1.39. The Bertz CT molecular complexity index is 529. The van der Waals surface area contributed by atoms with Crippen molar-refractivity contribution in [3.8, 4) is 0 Å². The van der Waals surface area contributed by atoms with Crippen LogP contribution in [0.3, 0.4) is 0 Å². The van der Waals surface area contributed by atoms with Crippen molar-refractivity contribution < 1.29 is 23.9 Å². The van der Waals surface area contributed by atoms with Crippen LogP contribution in [-0.2, 0) is 24.8 Å². The number of imide groups is 1. The number of carbonyl (C=O) groups excluding carboxylic acids is 3. The van der Waals surface area contributed by atoms with E-state index in [-0.39, 0.29) is 5.75 Å². The molecule has 0 saturated carbocycles. The first-order valence-corrected chi connectivity index (χ1v) is 7.79. The fourth-order valence-corrected chi connectivity index (χ4v) is 2.24. The smallest absolute Gasteiger partial charge is 0.413 e. The molecular weight excluding hydrogens is 306 g/mol. The van der Waals surface area contributed by atoms with E-state index in [1.54, 1.807) is 0 Å². The number of esters is 1. The average Bonchev–Trinajstić information content (AvgIpc) is 2.49. The Morgan fingerprint density at radius 3 is 2.45 bits per heavy atom. The summed E-state index contributed by atoms with van der Waals surface area (Å²) in [7, 11) is 1.14. The number of benzene rings is 1. The van der Waals surface area contributed by atoms with E-state index >= 15 is 0 Å². The van der Waals surface area contributed by atoms with Crippen LogP contribution in [0.1, 0.15) is 18.1 Å². The van der Waals surface area contributed by atoms with Gasteiger partial charge in [0.2, 0.25) is 0 Å². The molecule has 1 N–H and O–H groups in total. The summed E-state index contributed by atoms with van der Waals surface area (Å²) < 4.78 is 9.22. The minimum Gasteiger partial charge on any atom is -0.453 e. The lowest BCUT2D eigenvalue weighted by molar-refractivity contribution is -0.152. The van der Waals surface area contributed by atoms with Crippen LogP contribution in [0, 0.1) is 6.92 Å². The number of methoxy groups -OCH3 is 1. The standard InChI is InChI=1S/C15H19NO5S/c1-10-4-6-12(7-5-10)8-22-9-13(17)21-11(2)14(18)16-15(19)20-3/h4-7,11H,8-9H2,1-3H3,(H,16,18,19)/t11-/m0/s1. The van der Waals surface area contributed by atoms with Gasteiger partial charge in [0.25, 0.3) is 5.91 Å². The predicted octanol–water partition coefficient (Wildman–Crippen LogP) is 2.04. The third-order valence-electron chi connectivity index (χ3n) is 2.70. The van der Waals surface area contributed by atoms with E-state index < -0.39 is 24.1 Å². The Morgan fingerprint density at radius 2 is 1.86 bits per heavy atom. The van der Waals surface area contributed by atoms with E-state index in [1.165, 1.54) is 24.2 Å². The first-order chi connectivity index (χ1) is 10.4. The lowest BCUT2D eigenvalue weighted by atomic mass is 10.2. The number of nitrogens with one attached hydrogen (secondary N) is 1. The Kier molecular flexibility index (Phi) is 7.45. The monoisotopic (exact) mass is 325 g/mol. The van der Waals surface area contributed by atoms with E-state index in [0.29, 0.717) is 5.75 Å². The number of carbonyl (C=O) groups is 3. The van der Waals surface area contributed by atoms with Gasteiger partial charge in [-0.2, -0.15) is 0 Å². The van der Waals surface area contributed by atoms with Gasteiger partial charge >= 0.3 is 12.1 Å². The van der Waals surface area contributed by atoms with Crippen molar-refractivity contribution in [3.63, 3.8) is 0 Å². The SMILES string of the molecule is COC(=O)NC(=O)[C@H](C)OC(=O)CSCc1ccc(C)cc1. The normalized spacial score (nSPS) is 11.4. The molecule has 22 heavy (non-hydrogen) atoms. The summed E-state index contributed by atoms with van der Waals surface area (Å²) in [5.74, 6) is -0.421. The Morgan fingerprint density at radius 1 is 1.23 bits per heavy atom. The van der Waals surface area contributed by atoms with Crippen LogP contribution in [0.15, 0.2) is 24.3 Å². The van der Waals surface area contributed by atoms with Crippen LogP contribution < -0.4 is 5.32 Å². The second-order valence-electron chi connectivity index (χ2n) is 4.59. The van der Waals surface area contributed by atoms with Gasteiger partial charge in [-0.3, -0.25) is 14.9 Å². The third-order valence-corrected chi connectivity index (χ3v) is 3.67. The number of amides is 2. The molecule has 120 valence electrons. The number of hydrogen-bond donors (Lipinski definition) is 1. The van der Waals surface area contributed by atoms with Crippen molar-refractivity contribution in [3.05, 3.63) is 35.4 Å². The lowest BCUT2D eigenvalue weighted by Crippen LogP contribution is -2.39. The van der Waals surface area contributed by atoms with Gasteiger partial charge in [0.05, 0.1) is 12.9 Å². The number of aryl methyl sites for hydroxylation is 1. The highest BCUT2D eigenvalue weighted by molar-refractivity contribution is 7.99. The summed E-state index contributed by atoms with van der Waals surface area (Å²) in [5, 5.41) is 1.94. The topological polar surface area (TPSA) is 81.7 Å². The molecule has 2 amide bonds. The predicted molar refractivity (Wildman–Crippen MR) is 83.4 cm³/mol. The van der Waals surface area contributed by atoms with Crippen LogP contribution in [0.2, 0.25) is 0 Å². The van der Waals surface area contributed by atoms with Crippen molar-refractivity contribution in [2.24, 2.45) is 0 Å². The molecular formula is C15H19NO5S. The zero-order valence-electron chi connectivity index (χ0n) is 12.8. The third kappa shape index (κ3) is 6.62. The minimum atomic E-state index is -1.05. The highest BCUT2D eigenvalue weighted by Gasteiger charge is 2.19. The van der Waals surface area contributed by atoms with Crippen molar-refractivity contribution >= 4 is 29.7 Å². The maximum atomic E-state index is 11.6. The highest BCUT2D eigenvalue weighted by Crippen LogP contribution is 2.13. The quantitative estimate of drug-likeness (QED) is 0.806. The van der Waals surface area contributed by atoms with Gasteiger partial charge in [0.15, 0.2) is 6.10 Å². The first kappa shape index (κ1) is 18.0. The largest absolute Gasteiger partial charge is 0.453 e. The van der Waals surface area contributed by atoms with E-state index in [0.717, 1.165) is 12.7 Å². The van der Waals surface area contributed by atoms with E-state index in [2.05, 4.69) is 4.74 Å². The Hall–Kier alpha value is -2.02. The van der Waals surface area contributed by atoms with Gasteiger partial charge in [-0.1, -0.05) is 29.8 Å². The first-order valence-electron chi connectivity index (χ1n) is 6.64. The van der Waals surface area contributed by atoms with Crippen LogP contribution >= 0.6 is 11.8 Å². The molecule has 1 aromatic rings. The Labute approximate surface area is 133 Å². The number of ether oxygens (including phenoxy) is 2. The second-order valence-corrected chi connectivity index (χ2v) is 5.58. The van der Waals surface area contributed by atoms with E-state index in [4.69, 9.17) is 4.74 Å². The maximum absolute atomic E-state index is 11.6. The molecule has 0 heterocycles. The van der Waals surface area contributed by atoms with Gasteiger partial charge in [0.1, 0.15) is 0 Å². The molecule has 0 saturated heterocycles. The van der Waals surface area contributed by atoms with Gasteiger partial charge in [0, 0.05) is 5.75 Å². The van der Waals surface area contributed by atoms with Crippen molar-refractivity contribution in [1.29, 1.82) is 0 Å². The summed E-state index contributed by atoms with van der Waals surface area (Å²) in [5.41, 5.74) is 2.29. The molecule has 0 aliphatic rings. The molecule has 7 heteroatoms. The number of thioether (sulfide) groups is 1. The highest BCUT2D eigenvalue weighted by atomic mass is 32.2. The lowest BCUT2D eigenvalue weighted by Gasteiger charge is -2.12. The number of alkyl carbamates (subject to hydrolysis) is 1. The molecule has 0 unspecified atom stereocenters. The molecule has 1 atom stereocenters. The zero-order chi connectivity index (χ0) is 16.5. The molecule has 0 fully saturated rings. The van der Waals surface area contributed by atoms with Crippen LogP contribution in [-0.4, -0.2) is 36.9 Å². The Balaban J connectivity index is 2.29. The van der Waals surface area contributed by atoms with Crippen molar-refractivity contribution in [1.82, 2.24) is 5.32 Å². The van der Waals surface area contributed by atoms with Crippen LogP contribution in [0.4, 0.5) is 4.79 Å². The van der Waals surface area contributed by atoms with Gasteiger partial charge in [-0.15, -0.1) is 11.8 Å². The van der Waals surface area contributed by atoms with Gasteiger partial charge in [-0.05, 0) is 19.4 Å². The summed E-state index contributed by atoms with van der Waals surface area (Å²) in [6.45, 7) is 3.40. The maximum Gasteiger partial charge on any atom is 0.413 e. The summed E-state index contributed by atoms with van der Waals surface area (Å²) in [6.07, 6.45) is -1.94. The molecule has 0 aliphatic heterocycles. The fraction of sp³-hybridized carbons (Fsp3) is 0.400. The molecule has 6 nitrogen and oxygen atoms in total. The fourth-order valence-electron chi connectivity index (χ4n) is 1.47. The summed E-state index contributed by atoms with van der Waals surface area (Å²) in [6, 6.07) is 8.01. The van der Waals surface area contributed by atoms with Crippen molar-refractivity contribution in [2.45, 2.75) is 25.7 Å². The molecule has 0 aromatic heterocycles. The summed E-state index contributed by atoms with van der Waals surface area (Å²) in [4.78, 5) is 34.0. The molecule has 0 bridgehead atoms. The number of hydrogen-bond acceptors (Lipinski definition) is 6. The van der Waals surface area contributed by atoms with Gasteiger partial charge in [-0.25, -0.2) is 4.79 Å². The molecule has 1 rings (SSSR count). The van der Waals surface area contributed by atoms with E-state index in [1.807, 2.05) is 36.5 Å². The average molecular weight is 325 g/mol. The van der Waals surface area contributed by atoms with Crippen LogP contribution in [0.25, 0.3) is 0 Å². The van der Waals surface area contributed by atoms with E-state index in [9.17, 15) is 14.4 Å². The molecule has 0 spiro atoms. The number of rotatable bonds is 6. The molecule has 0 aliphatic carbocycles. The second kappa shape index (κ2) is 9.09. The molecule has 1 aromatic carbocycles. The van der Waals surface area contributed by atoms with Gasteiger partial charge < -0.3 is 9.47 Å². The molecule has 0 radical (unpaired) electrons.